The van der Waals surface area contributed by atoms with Crippen molar-refractivity contribution in [1.82, 2.24) is 4.90 Å². The second-order valence-electron chi connectivity index (χ2n) is 5.92. The van der Waals surface area contributed by atoms with Crippen LogP contribution in [0.15, 0.2) is 49.1 Å². The Morgan fingerprint density at radius 3 is 2.57 bits per heavy atom. The fraction of sp³-hybridized carbons (Fsp3) is 0.263. The van der Waals surface area contributed by atoms with E-state index in [9.17, 15) is 15.3 Å². The van der Waals surface area contributed by atoms with Gasteiger partial charge >= 0.3 is 0 Å². The van der Waals surface area contributed by atoms with Crippen molar-refractivity contribution in [2.24, 2.45) is 0 Å². The van der Waals surface area contributed by atoms with E-state index in [1.807, 2.05) is 36.4 Å². The number of phenols is 3. The van der Waals surface area contributed by atoms with Crippen LogP contribution >= 0.6 is 0 Å². The smallest absolute Gasteiger partial charge is 0.200 e. The number of hydrogen-bond acceptors (Lipinski definition) is 4. The van der Waals surface area contributed by atoms with Crippen LogP contribution in [0.3, 0.4) is 0 Å². The highest BCUT2D eigenvalue weighted by Crippen LogP contribution is 2.44. The van der Waals surface area contributed by atoms with Crippen LogP contribution < -0.4 is 0 Å². The molecule has 1 unspecified atom stereocenters. The number of nitrogens with zero attached hydrogens (tertiary/aromatic N) is 1. The molecule has 4 nitrogen and oxygen atoms in total. The molecule has 0 fully saturated rings. The van der Waals surface area contributed by atoms with Crippen LogP contribution in [0, 0.1) is 0 Å². The molecule has 120 valence electrons. The van der Waals surface area contributed by atoms with Gasteiger partial charge in [-0.1, -0.05) is 36.4 Å². The molecule has 0 saturated carbocycles. The van der Waals surface area contributed by atoms with Crippen molar-refractivity contribution in [1.29, 1.82) is 0 Å². The Morgan fingerprint density at radius 2 is 1.87 bits per heavy atom. The molecule has 0 aromatic heterocycles. The van der Waals surface area contributed by atoms with Gasteiger partial charge in [-0.15, -0.1) is 6.58 Å². The first kappa shape index (κ1) is 15.4. The molecule has 23 heavy (non-hydrogen) atoms. The lowest BCUT2D eigenvalue weighted by Crippen LogP contribution is -2.28. The van der Waals surface area contributed by atoms with Gasteiger partial charge in [0.05, 0.1) is 0 Å². The molecular weight excluding hydrogens is 290 g/mol. The zero-order valence-electron chi connectivity index (χ0n) is 12.9. The summed E-state index contributed by atoms with van der Waals surface area (Å²) in [6.45, 7) is 6.10. The molecule has 2 aromatic carbocycles. The van der Waals surface area contributed by atoms with E-state index in [1.165, 1.54) is 0 Å². The zero-order chi connectivity index (χ0) is 16.4. The maximum atomic E-state index is 10.3. The van der Waals surface area contributed by atoms with Crippen molar-refractivity contribution in [3.8, 4) is 17.2 Å². The molecule has 0 saturated heterocycles. The van der Waals surface area contributed by atoms with Gasteiger partial charge in [0, 0.05) is 31.1 Å². The van der Waals surface area contributed by atoms with E-state index in [0.717, 1.165) is 30.8 Å². The minimum absolute atomic E-state index is 0.0195. The normalized spacial score (nSPS) is 18.2. The summed E-state index contributed by atoms with van der Waals surface area (Å²) in [6.07, 6.45) is 2.49. The number of rotatable bonds is 3. The van der Waals surface area contributed by atoms with Crippen LogP contribution in [0.2, 0.25) is 0 Å². The summed E-state index contributed by atoms with van der Waals surface area (Å²) < 4.78 is 0. The maximum Gasteiger partial charge on any atom is 0.200 e. The number of benzene rings is 2. The van der Waals surface area contributed by atoms with Crippen molar-refractivity contribution in [3.05, 3.63) is 65.7 Å². The van der Waals surface area contributed by atoms with E-state index in [-0.39, 0.29) is 17.4 Å². The van der Waals surface area contributed by atoms with Gasteiger partial charge in [0.25, 0.3) is 0 Å². The van der Waals surface area contributed by atoms with Gasteiger partial charge in [-0.2, -0.15) is 0 Å². The Balaban J connectivity index is 2.13. The van der Waals surface area contributed by atoms with Gasteiger partial charge in [-0.3, -0.25) is 4.90 Å². The molecule has 0 bridgehead atoms. The van der Waals surface area contributed by atoms with Crippen molar-refractivity contribution >= 4 is 0 Å². The minimum atomic E-state index is -0.437. The Hall–Kier alpha value is -2.46. The van der Waals surface area contributed by atoms with Gasteiger partial charge in [0.2, 0.25) is 5.75 Å². The van der Waals surface area contributed by atoms with E-state index < -0.39 is 5.75 Å². The van der Waals surface area contributed by atoms with Crippen molar-refractivity contribution in [2.45, 2.75) is 12.3 Å². The molecule has 1 heterocycles. The highest BCUT2D eigenvalue weighted by Gasteiger charge is 2.28. The van der Waals surface area contributed by atoms with Crippen molar-refractivity contribution in [3.63, 3.8) is 0 Å². The van der Waals surface area contributed by atoms with Gasteiger partial charge < -0.3 is 15.3 Å². The van der Waals surface area contributed by atoms with E-state index in [4.69, 9.17) is 0 Å². The Bertz CT molecular complexity index is 712. The van der Waals surface area contributed by atoms with E-state index in [2.05, 4.69) is 11.5 Å². The molecule has 0 aliphatic carbocycles. The average molecular weight is 311 g/mol. The summed E-state index contributed by atoms with van der Waals surface area (Å²) in [7, 11) is 0. The molecule has 0 spiro atoms. The van der Waals surface area contributed by atoms with Gasteiger partial charge in [-0.05, 0) is 23.6 Å². The van der Waals surface area contributed by atoms with Crippen molar-refractivity contribution < 1.29 is 15.3 Å². The predicted molar refractivity (Wildman–Crippen MR) is 90.1 cm³/mol. The third kappa shape index (κ3) is 2.90. The van der Waals surface area contributed by atoms with Gasteiger partial charge in [0.15, 0.2) is 11.5 Å². The summed E-state index contributed by atoms with van der Waals surface area (Å²) in [5.74, 6) is -0.903. The fourth-order valence-electron chi connectivity index (χ4n) is 3.31. The third-order valence-corrected chi connectivity index (χ3v) is 4.48. The highest BCUT2D eigenvalue weighted by atomic mass is 16.3. The first-order chi connectivity index (χ1) is 11.1. The second kappa shape index (κ2) is 6.34. The lowest BCUT2D eigenvalue weighted by Gasteiger charge is -2.24. The molecule has 0 amide bonds. The first-order valence-electron chi connectivity index (χ1n) is 7.76. The molecule has 4 heteroatoms. The first-order valence-corrected chi connectivity index (χ1v) is 7.76. The fourth-order valence-corrected chi connectivity index (χ4v) is 3.31. The van der Waals surface area contributed by atoms with Crippen molar-refractivity contribution in [2.75, 3.05) is 19.6 Å². The van der Waals surface area contributed by atoms with Crippen LogP contribution in [-0.2, 0) is 6.42 Å². The van der Waals surface area contributed by atoms with Crippen LogP contribution in [0.5, 0.6) is 17.2 Å². The summed E-state index contributed by atoms with van der Waals surface area (Å²) in [5, 5.41) is 30.1. The summed E-state index contributed by atoms with van der Waals surface area (Å²) in [5.41, 5.74) is 2.70. The molecule has 3 rings (SSSR count). The number of fused-ring (bicyclic) bond motifs is 1. The minimum Gasteiger partial charge on any atom is -0.504 e. The Labute approximate surface area is 135 Å². The molecule has 1 aliphatic heterocycles. The van der Waals surface area contributed by atoms with E-state index >= 15 is 0 Å². The lowest BCUT2D eigenvalue weighted by atomic mass is 9.87. The van der Waals surface area contributed by atoms with Crippen LogP contribution in [0.1, 0.15) is 22.6 Å². The Morgan fingerprint density at radius 1 is 1.13 bits per heavy atom. The lowest BCUT2D eigenvalue weighted by molar-refractivity contribution is 0.305. The largest absolute Gasteiger partial charge is 0.504 e. The number of aromatic hydroxyl groups is 3. The van der Waals surface area contributed by atoms with Crippen LogP contribution in [0.4, 0.5) is 0 Å². The molecule has 0 radical (unpaired) electrons. The van der Waals surface area contributed by atoms with Gasteiger partial charge in [-0.25, -0.2) is 0 Å². The predicted octanol–water partition coefficient (Wildman–Crippen LogP) is 2.98. The second-order valence-corrected chi connectivity index (χ2v) is 5.92. The van der Waals surface area contributed by atoms with E-state index in [1.54, 1.807) is 6.07 Å². The average Bonchev–Trinajstić information content (AvgIpc) is 2.74. The quantitative estimate of drug-likeness (QED) is 0.602. The SMILES string of the molecule is C=CCN1CCc2c(cc(O)c(O)c2O)C(c2ccccc2)C1. The van der Waals surface area contributed by atoms with Crippen LogP contribution in [0.25, 0.3) is 0 Å². The maximum absolute atomic E-state index is 10.3. The molecule has 1 aliphatic rings. The standard InChI is InChI=1S/C19H21NO3/c1-2-9-20-10-8-14-15(11-17(21)19(23)18(14)22)16(12-20)13-6-4-3-5-7-13/h2-7,11,16,21-23H,1,8-10,12H2. The molecule has 3 N–H and O–H groups in total. The topological polar surface area (TPSA) is 63.9 Å². The summed E-state index contributed by atoms with van der Waals surface area (Å²) in [4.78, 5) is 2.26. The third-order valence-electron chi connectivity index (χ3n) is 4.48. The monoisotopic (exact) mass is 311 g/mol. The molecular formula is C19H21NO3. The van der Waals surface area contributed by atoms with Crippen LogP contribution in [-0.4, -0.2) is 39.9 Å². The van der Waals surface area contributed by atoms with E-state index in [0.29, 0.717) is 12.0 Å². The number of phenolic OH excluding ortho intramolecular Hbond substituents is 3. The summed E-state index contributed by atoms with van der Waals surface area (Å²) >= 11 is 0. The highest BCUT2D eigenvalue weighted by molar-refractivity contribution is 5.59. The van der Waals surface area contributed by atoms with Gasteiger partial charge in [0.1, 0.15) is 0 Å². The molecule has 2 aromatic rings. The number of hydrogen-bond donors (Lipinski definition) is 3. The Kier molecular flexibility index (Phi) is 4.26. The molecule has 1 atom stereocenters. The summed E-state index contributed by atoms with van der Waals surface area (Å²) in [6, 6.07) is 11.6. The zero-order valence-corrected chi connectivity index (χ0v) is 12.9.